The second kappa shape index (κ2) is 9.25. The average molecular weight is 401 g/mol. The number of piperidine rings is 2. The number of nitrogens with zero attached hydrogens (tertiary/aromatic N) is 2. The monoisotopic (exact) mass is 400 g/mol. The van der Waals surface area contributed by atoms with Crippen molar-refractivity contribution < 1.29 is 9.59 Å². The topological polar surface area (TPSA) is 40.6 Å². The van der Waals surface area contributed by atoms with Crippen molar-refractivity contribution in [1.82, 2.24) is 9.80 Å². The van der Waals surface area contributed by atoms with E-state index < -0.39 is 0 Å². The largest absolute Gasteiger partial charge is 0.339 e. The molecular formula is C23H32N2O2S. The molecule has 28 heavy (non-hydrogen) atoms. The van der Waals surface area contributed by atoms with E-state index >= 15 is 0 Å². The Kier molecular flexibility index (Phi) is 6.50. The van der Waals surface area contributed by atoms with Gasteiger partial charge in [0.15, 0.2) is 0 Å². The molecule has 0 spiro atoms. The van der Waals surface area contributed by atoms with Gasteiger partial charge in [-0.3, -0.25) is 9.59 Å². The molecular weight excluding hydrogens is 368 g/mol. The van der Waals surface area contributed by atoms with Gasteiger partial charge in [-0.2, -0.15) is 0 Å². The van der Waals surface area contributed by atoms with E-state index in [0.29, 0.717) is 24.3 Å². The number of hydrogen-bond acceptors (Lipinski definition) is 3. The minimum absolute atomic E-state index is 0.109. The van der Waals surface area contributed by atoms with Gasteiger partial charge in [-0.1, -0.05) is 38.2 Å². The zero-order valence-electron chi connectivity index (χ0n) is 16.7. The summed E-state index contributed by atoms with van der Waals surface area (Å²) in [5.41, 5.74) is 0. The Morgan fingerprint density at radius 1 is 1.18 bits per heavy atom. The highest BCUT2D eigenvalue weighted by atomic mass is 32.1. The molecule has 3 heterocycles. The van der Waals surface area contributed by atoms with Crippen LogP contribution in [0.15, 0.2) is 23.6 Å². The lowest BCUT2D eigenvalue weighted by molar-refractivity contribution is -0.143. The molecule has 1 saturated carbocycles. The van der Waals surface area contributed by atoms with Crippen LogP contribution in [-0.2, 0) is 9.59 Å². The summed E-state index contributed by atoms with van der Waals surface area (Å²) in [4.78, 5) is 30.5. The first-order chi connectivity index (χ1) is 13.7. The third kappa shape index (κ3) is 4.68. The van der Waals surface area contributed by atoms with Gasteiger partial charge in [-0.15, -0.1) is 11.3 Å². The van der Waals surface area contributed by atoms with Crippen molar-refractivity contribution in [2.45, 2.75) is 63.8 Å². The van der Waals surface area contributed by atoms with Crippen LogP contribution >= 0.6 is 11.3 Å². The highest BCUT2D eigenvalue weighted by Gasteiger charge is 2.40. The summed E-state index contributed by atoms with van der Waals surface area (Å²) in [6.45, 7) is 2.49. The highest BCUT2D eigenvalue weighted by molar-refractivity contribution is 7.10. The minimum atomic E-state index is 0.109. The van der Waals surface area contributed by atoms with Crippen LogP contribution < -0.4 is 0 Å². The van der Waals surface area contributed by atoms with E-state index in [1.165, 1.54) is 38.5 Å². The number of rotatable bonds is 5. The molecule has 5 heteroatoms. The van der Waals surface area contributed by atoms with E-state index in [2.05, 4.69) is 4.90 Å². The van der Waals surface area contributed by atoms with E-state index in [1.807, 2.05) is 28.5 Å². The SMILES string of the molecule is O=C(/C=C/c1cccs1)N1CC[C@H]2[C@H](CCC(=O)N2CCC2CCCCC2)C1. The van der Waals surface area contributed by atoms with Crippen LogP contribution in [0.4, 0.5) is 0 Å². The number of likely N-dealkylation sites (tertiary alicyclic amines) is 2. The van der Waals surface area contributed by atoms with Gasteiger partial charge in [0.25, 0.3) is 0 Å². The minimum Gasteiger partial charge on any atom is -0.339 e. The number of carbonyl (C=O) groups excluding carboxylic acids is 2. The van der Waals surface area contributed by atoms with Crippen LogP contribution in [0, 0.1) is 11.8 Å². The summed E-state index contributed by atoms with van der Waals surface area (Å²) >= 11 is 1.65. The third-order valence-electron chi connectivity index (χ3n) is 6.89. The molecule has 2 atom stereocenters. The van der Waals surface area contributed by atoms with Crippen molar-refractivity contribution >= 4 is 29.2 Å². The Bertz CT molecular complexity index is 693. The van der Waals surface area contributed by atoms with Crippen LogP contribution in [-0.4, -0.2) is 47.3 Å². The molecule has 0 N–H and O–H groups in total. The Balaban J connectivity index is 1.32. The lowest BCUT2D eigenvalue weighted by Crippen LogP contribution is -2.57. The normalized spacial score (nSPS) is 26.6. The molecule has 0 bridgehead atoms. The van der Waals surface area contributed by atoms with E-state index in [1.54, 1.807) is 17.4 Å². The first kappa shape index (κ1) is 19.7. The first-order valence-electron chi connectivity index (χ1n) is 11.0. The smallest absolute Gasteiger partial charge is 0.246 e. The maximum Gasteiger partial charge on any atom is 0.246 e. The maximum absolute atomic E-state index is 12.6. The second-order valence-corrected chi connectivity index (χ2v) is 9.65. The maximum atomic E-state index is 12.6. The van der Waals surface area contributed by atoms with Gasteiger partial charge in [0.1, 0.15) is 0 Å². The zero-order chi connectivity index (χ0) is 19.3. The lowest BCUT2D eigenvalue weighted by atomic mass is 9.82. The van der Waals surface area contributed by atoms with Crippen LogP contribution in [0.3, 0.4) is 0 Å². The number of fused-ring (bicyclic) bond motifs is 1. The molecule has 1 aliphatic carbocycles. The van der Waals surface area contributed by atoms with E-state index in [0.717, 1.165) is 43.3 Å². The molecule has 152 valence electrons. The van der Waals surface area contributed by atoms with Crippen molar-refractivity contribution in [3.8, 4) is 0 Å². The predicted molar refractivity (Wildman–Crippen MR) is 114 cm³/mol. The van der Waals surface area contributed by atoms with Crippen LogP contribution in [0.25, 0.3) is 6.08 Å². The van der Waals surface area contributed by atoms with Gasteiger partial charge in [0.2, 0.25) is 11.8 Å². The van der Waals surface area contributed by atoms with Gasteiger partial charge in [0, 0.05) is 43.1 Å². The molecule has 3 fully saturated rings. The van der Waals surface area contributed by atoms with Crippen LogP contribution in [0.2, 0.25) is 0 Å². The zero-order valence-corrected chi connectivity index (χ0v) is 17.5. The third-order valence-corrected chi connectivity index (χ3v) is 7.73. The summed E-state index contributed by atoms with van der Waals surface area (Å²) in [6, 6.07) is 4.37. The summed E-state index contributed by atoms with van der Waals surface area (Å²) in [5.74, 6) is 1.70. The summed E-state index contributed by atoms with van der Waals surface area (Å²) in [5, 5.41) is 2.02. The van der Waals surface area contributed by atoms with E-state index in [4.69, 9.17) is 0 Å². The summed E-state index contributed by atoms with van der Waals surface area (Å²) in [6.07, 6.45) is 14.1. The van der Waals surface area contributed by atoms with E-state index in [9.17, 15) is 9.59 Å². The molecule has 0 unspecified atom stereocenters. The molecule has 4 nitrogen and oxygen atoms in total. The molecule has 0 aromatic carbocycles. The number of carbonyl (C=O) groups is 2. The lowest BCUT2D eigenvalue weighted by Gasteiger charge is -2.47. The Morgan fingerprint density at radius 2 is 2.04 bits per heavy atom. The summed E-state index contributed by atoms with van der Waals surface area (Å²) in [7, 11) is 0. The number of thiophene rings is 1. The predicted octanol–water partition coefficient (Wildman–Crippen LogP) is 4.57. The highest BCUT2D eigenvalue weighted by Crippen LogP contribution is 2.33. The standard InChI is InChI=1S/C23H32N2O2S/c26-22(11-9-20-7-4-16-28-20)24-14-13-21-19(17-24)8-10-23(27)25(21)15-12-18-5-2-1-3-6-18/h4,7,9,11,16,18-19,21H,1-3,5-6,8,10,12-15,17H2/b11-9+/t19-,21+/m1/s1. The van der Waals surface area contributed by atoms with Crippen LogP contribution in [0.1, 0.15) is 62.7 Å². The molecule has 3 aliphatic rings. The Labute approximate surface area is 172 Å². The van der Waals surface area contributed by atoms with Gasteiger partial charge < -0.3 is 9.80 Å². The van der Waals surface area contributed by atoms with E-state index in [-0.39, 0.29) is 5.91 Å². The van der Waals surface area contributed by atoms with Crippen molar-refractivity contribution in [3.63, 3.8) is 0 Å². The van der Waals surface area contributed by atoms with Gasteiger partial charge in [-0.05, 0) is 48.6 Å². The fourth-order valence-electron chi connectivity index (χ4n) is 5.28. The fraction of sp³-hybridized carbons (Fsp3) is 0.652. The van der Waals surface area contributed by atoms with Gasteiger partial charge in [0.05, 0.1) is 0 Å². The molecule has 1 aromatic heterocycles. The van der Waals surface area contributed by atoms with Crippen molar-refractivity contribution in [3.05, 3.63) is 28.5 Å². The molecule has 4 rings (SSSR count). The van der Waals surface area contributed by atoms with Gasteiger partial charge >= 0.3 is 0 Å². The van der Waals surface area contributed by atoms with Gasteiger partial charge in [-0.25, -0.2) is 0 Å². The molecule has 2 amide bonds. The molecule has 2 aliphatic heterocycles. The van der Waals surface area contributed by atoms with Crippen LogP contribution in [0.5, 0.6) is 0 Å². The van der Waals surface area contributed by atoms with Crippen molar-refractivity contribution in [2.75, 3.05) is 19.6 Å². The summed E-state index contributed by atoms with van der Waals surface area (Å²) < 4.78 is 0. The Hall–Kier alpha value is -1.62. The molecule has 2 saturated heterocycles. The second-order valence-electron chi connectivity index (χ2n) is 8.67. The number of amides is 2. The number of hydrogen-bond donors (Lipinski definition) is 0. The molecule has 1 aromatic rings. The first-order valence-corrected chi connectivity index (χ1v) is 11.9. The van der Waals surface area contributed by atoms with Crippen molar-refractivity contribution in [2.24, 2.45) is 11.8 Å². The quantitative estimate of drug-likeness (QED) is 0.679. The Morgan fingerprint density at radius 3 is 2.82 bits per heavy atom. The molecule has 0 radical (unpaired) electrons. The van der Waals surface area contributed by atoms with Crippen molar-refractivity contribution in [1.29, 1.82) is 0 Å². The average Bonchev–Trinajstić information content (AvgIpc) is 3.25. The fourth-order valence-corrected chi connectivity index (χ4v) is 5.90.